The molecular weight excluding hydrogens is 300 g/mol. The molecule has 0 amide bonds. The molecule has 24 heavy (non-hydrogen) atoms. The predicted octanol–water partition coefficient (Wildman–Crippen LogP) is 1.69. The number of nitrogens with zero attached hydrogens (tertiary/aromatic N) is 6. The maximum Gasteiger partial charge on any atom is 0.227 e. The van der Waals surface area contributed by atoms with Crippen molar-refractivity contribution in [3.8, 4) is 0 Å². The summed E-state index contributed by atoms with van der Waals surface area (Å²) in [5, 5.41) is 0. The van der Waals surface area contributed by atoms with E-state index in [0.717, 1.165) is 57.5 Å². The van der Waals surface area contributed by atoms with Gasteiger partial charge in [0.1, 0.15) is 5.82 Å². The Morgan fingerprint density at radius 2 is 1.79 bits per heavy atom. The molecule has 1 aliphatic heterocycles. The van der Waals surface area contributed by atoms with Gasteiger partial charge in [-0.1, -0.05) is 6.92 Å². The van der Waals surface area contributed by atoms with Crippen molar-refractivity contribution in [3.05, 3.63) is 42.4 Å². The molecule has 6 heteroatoms. The summed E-state index contributed by atoms with van der Waals surface area (Å²) >= 11 is 0. The van der Waals surface area contributed by atoms with Gasteiger partial charge in [0.2, 0.25) is 5.95 Å². The molecule has 1 saturated heterocycles. The quantitative estimate of drug-likeness (QED) is 0.805. The average molecular weight is 326 g/mol. The summed E-state index contributed by atoms with van der Waals surface area (Å²) in [4.78, 5) is 20.2. The first kappa shape index (κ1) is 16.6. The molecular formula is C18H26N6. The zero-order valence-corrected chi connectivity index (χ0v) is 14.6. The fourth-order valence-electron chi connectivity index (χ4n) is 2.93. The van der Waals surface area contributed by atoms with Gasteiger partial charge in [0.15, 0.2) is 0 Å². The molecule has 6 nitrogen and oxygen atoms in total. The van der Waals surface area contributed by atoms with Crippen molar-refractivity contribution in [1.29, 1.82) is 0 Å². The van der Waals surface area contributed by atoms with Crippen LogP contribution in [0.4, 0.5) is 11.8 Å². The molecule has 0 saturated carbocycles. The highest BCUT2D eigenvalue weighted by molar-refractivity contribution is 5.43. The molecule has 2 aromatic rings. The lowest BCUT2D eigenvalue weighted by molar-refractivity contribution is 0.270. The second-order valence-corrected chi connectivity index (χ2v) is 6.16. The van der Waals surface area contributed by atoms with Gasteiger partial charge < -0.3 is 14.7 Å². The van der Waals surface area contributed by atoms with Crippen molar-refractivity contribution < 1.29 is 0 Å². The molecule has 0 radical (unpaired) electrons. The summed E-state index contributed by atoms with van der Waals surface area (Å²) in [6, 6.07) is 6.11. The van der Waals surface area contributed by atoms with E-state index in [4.69, 9.17) is 4.98 Å². The van der Waals surface area contributed by atoms with E-state index in [1.807, 2.05) is 24.7 Å². The van der Waals surface area contributed by atoms with Crippen LogP contribution in [0.3, 0.4) is 0 Å². The first-order chi connectivity index (χ1) is 11.8. The molecule has 0 N–H and O–H groups in total. The fraction of sp³-hybridized carbons (Fsp3) is 0.500. The minimum absolute atomic E-state index is 0.846. The minimum Gasteiger partial charge on any atom is -0.359 e. The molecule has 2 aromatic heterocycles. The summed E-state index contributed by atoms with van der Waals surface area (Å²) < 4.78 is 0. The van der Waals surface area contributed by atoms with E-state index < -0.39 is 0 Å². The van der Waals surface area contributed by atoms with Crippen LogP contribution in [0.15, 0.2) is 36.8 Å². The van der Waals surface area contributed by atoms with Crippen molar-refractivity contribution in [2.24, 2.45) is 0 Å². The Morgan fingerprint density at radius 1 is 1.04 bits per heavy atom. The maximum absolute atomic E-state index is 4.77. The largest absolute Gasteiger partial charge is 0.359 e. The van der Waals surface area contributed by atoms with Gasteiger partial charge in [-0.05, 0) is 36.7 Å². The first-order valence-corrected chi connectivity index (χ1v) is 8.66. The zero-order valence-electron chi connectivity index (χ0n) is 14.6. The van der Waals surface area contributed by atoms with E-state index in [1.165, 1.54) is 5.56 Å². The second-order valence-electron chi connectivity index (χ2n) is 6.16. The number of anilines is 2. The number of hydrogen-bond donors (Lipinski definition) is 0. The third kappa shape index (κ3) is 4.20. The molecule has 1 aliphatic rings. The van der Waals surface area contributed by atoms with E-state index in [0.29, 0.717) is 0 Å². The van der Waals surface area contributed by atoms with Gasteiger partial charge in [-0.15, -0.1) is 0 Å². The Hall–Kier alpha value is -2.21. The summed E-state index contributed by atoms with van der Waals surface area (Å²) in [6.45, 7) is 8.42. The molecule has 1 fully saturated rings. The van der Waals surface area contributed by atoms with Crippen molar-refractivity contribution in [3.63, 3.8) is 0 Å². The van der Waals surface area contributed by atoms with Crippen LogP contribution in [0, 0.1) is 0 Å². The smallest absolute Gasteiger partial charge is 0.227 e. The summed E-state index contributed by atoms with van der Waals surface area (Å²) in [5.74, 6) is 1.82. The molecule has 0 bridgehead atoms. The summed E-state index contributed by atoms with van der Waals surface area (Å²) in [6.07, 6.45) is 6.53. The van der Waals surface area contributed by atoms with E-state index in [9.17, 15) is 0 Å². The summed E-state index contributed by atoms with van der Waals surface area (Å²) in [5.41, 5.74) is 1.29. The number of likely N-dealkylation sites (N-methyl/N-ethyl adjacent to an activating group) is 2. The van der Waals surface area contributed by atoms with Crippen LogP contribution in [-0.2, 0) is 6.42 Å². The number of hydrogen-bond acceptors (Lipinski definition) is 6. The van der Waals surface area contributed by atoms with E-state index >= 15 is 0 Å². The monoisotopic (exact) mass is 326 g/mol. The molecule has 3 heterocycles. The first-order valence-electron chi connectivity index (χ1n) is 8.66. The van der Waals surface area contributed by atoms with Crippen LogP contribution < -0.4 is 9.80 Å². The maximum atomic E-state index is 4.77. The molecule has 0 unspecified atom stereocenters. The highest BCUT2D eigenvalue weighted by Gasteiger charge is 2.18. The zero-order chi connectivity index (χ0) is 16.8. The second kappa shape index (κ2) is 8.06. The summed E-state index contributed by atoms with van der Waals surface area (Å²) in [7, 11) is 2.09. The number of piperazine rings is 1. The molecule has 0 aromatic carbocycles. The van der Waals surface area contributed by atoms with Gasteiger partial charge >= 0.3 is 0 Å². The Bertz CT molecular complexity index is 624. The molecule has 0 spiro atoms. The van der Waals surface area contributed by atoms with Crippen molar-refractivity contribution in [1.82, 2.24) is 19.9 Å². The highest BCUT2D eigenvalue weighted by atomic mass is 15.3. The van der Waals surface area contributed by atoms with E-state index in [1.54, 1.807) is 0 Å². The van der Waals surface area contributed by atoms with Crippen LogP contribution >= 0.6 is 0 Å². The SMILES string of the molecule is CCN1CCN(c2nccc(N(C)CCc3ccncc3)n2)CC1. The lowest BCUT2D eigenvalue weighted by Crippen LogP contribution is -2.46. The average Bonchev–Trinajstić information content (AvgIpc) is 2.67. The molecule has 0 atom stereocenters. The lowest BCUT2D eigenvalue weighted by Gasteiger charge is -2.34. The number of aromatic nitrogens is 3. The van der Waals surface area contributed by atoms with Gasteiger partial charge in [0.25, 0.3) is 0 Å². The Balaban J connectivity index is 1.60. The number of pyridine rings is 1. The van der Waals surface area contributed by atoms with Gasteiger partial charge in [-0.3, -0.25) is 4.98 Å². The Morgan fingerprint density at radius 3 is 2.50 bits per heavy atom. The predicted molar refractivity (Wildman–Crippen MR) is 97.6 cm³/mol. The minimum atomic E-state index is 0.846. The molecule has 0 aliphatic carbocycles. The van der Waals surface area contributed by atoms with E-state index in [-0.39, 0.29) is 0 Å². The third-order valence-electron chi connectivity index (χ3n) is 4.61. The lowest BCUT2D eigenvalue weighted by atomic mass is 10.2. The highest BCUT2D eigenvalue weighted by Crippen LogP contribution is 2.16. The van der Waals surface area contributed by atoms with Gasteiger partial charge in [-0.2, -0.15) is 4.98 Å². The van der Waals surface area contributed by atoms with Gasteiger partial charge in [0.05, 0.1) is 0 Å². The van der Waals surface area contributed by atoms with Crippen molar-refractivity contribution in [2.45, 2.75) is 13.3 Å². The van der Waals surface area contributed by atoms with Crippen LogP contribution in [-0.4, -0.2) is 66.2 Å². The molecule has 3 rings (SSSR count). The van der Waals surface area contributed by atoms with Crippen LogP contribution in [0.25, 0.3) is 0 Å². The van der Waals surface area contributed by atoms with Crippen molar-refractivity contribution >= 4 is 11.8 Å². The number of rotatable bonds is 6. The van der Waals surface area contributed by atoms with Crippen LogP contribution in [0.1, 0.15) is 12.5 Å². The van der Waals surface area contributed by atoms with Gasteiger partial charge in [-0.25, -0.2) is 4.98 Å². The Kier molecular flexibility index (Phi) is 5.59. The third-order valence-corrected chi connectivity index (χ3v) is 4.61. The fourth-order valence-corrected chi connectivity index (χ4v) is 2.93. The normalized spacial score (nSPS) is 15.5. The van der Waals surface area contributed by atoms with Crippen LogP contribution in [0.5, 0.6) is 0 Å². The van der Waals surface area contributed by atoms with E-state index in [2.05, 4.69) is 50.8 Å². The van der Waals surface area contributed by atoms with Gasteiger partial charge in [0, 0.05) is 58.4 Å². The Labute approximate surface area is 144 Å². The van der Waals surface area contributed by atoms with Crippen LogP contribution in [0.2, 0.25) is 0 Å². The standard InChI is InChI=1S/C18H26N6/c1-3-23-12-14-24(15-13-23)18-20-10-6-17(21-18)22(2)11-7-16-4-8-19-9-5-16/h4-6,8-10H,3,7,11-15H2,1-2H3. The molecule has 128 valence electrons. The topological polar surface area (TPSA) is 48.4 Å². The van der Waals surface area contributed by atoms with Crippen molar-refractivity contribution in [2.75, 3.05) is 56.1 Å².